The fraction of sp³-hybridized carbons (Fsp3) is 0.824. The first-order valence-electron chi connectivity index (χ1n) is 8.45. The van der Waals surface area contributed by atoms with Crippen molar-refractivity contribution in [2.45, 2.75) is 74.0 Å². The monoisotopic (exact) mass is 352 g/mol. The first-order valence-corrected chi connectivity index (χ1v) is 9.74. The Labute approximate surface area is 149 Å². The van der Waals surface area contributed by atoms with Crippen LogP contribution < -0.4 is 5.32 Å². The lowest BCUT2D eigenvalue weighted by Gasteiger charge is -2.04. The number of thioether (sulfide) groups is 1. The van der Waals surface area contributed by atoms with Gasteiger partial charge in [-0.25, -0.2) is 0 Å². The molecule has 1 atom stereocenters. The molecule has 1 N–H and O–H groups in total. The van der Waals surface area contributed by atoms with Crippen molar-refractivity contribution < 1.29 is 14.4 Å². The lowest BCUT2D eigenvalue weighted by Crippen LogP contribution is -2.26. The first kappa shape index (κ1) is 33.5. The molecule has 1 rings (SSSR count). The summed E-state index contributed by atoms with van der Waals surface area (Å²) in [6, 6.07) is 0. The Bertz CT molecular complexity index is 273. The summed E-state index contributed by atoms with van der Waals surface area (Å²) >= 11 is 1.44. The summed E-state index contributed by atoms with van der Waals surface area (Å²) in [4.78, 5) is 32.8. The SMILES string of the molecule is CC.CC.CC.CC.CNC(C)=O.CSC1CC(=O)N(C)C1=O. The van der Waals surface area contributed by atoms with Crippen molar-refractivity contribution in [3.8, 4) is 0 Å². The van der Waals surface area contributed by atoms with Gasteiger partial charge in [-0.1, -0.05) is 55.4 Å². The Hall–Kier alpha value is -1.04. The second-order valence-electron chi connectivity index (χ2n) is 3.03. The molecule has 6 heteroatoms. The van der Waals surface area contributed by atoms with Crippen LogP contribution in [0.15, 0.2) is 0 Å². The van der Waals surface area contributed by atoms with E-state index in [1.165, 1.54) is 30.6 Å². The number of rotatable bonds is 1. The highest BCUT2D eigenvalue weighted by molar-refractivity contribution is 8.00. The third kappa shape index (κ3) is 21.0. The average Bonchev–Trinajstić information content (AvgIpc) is 2.89. The number of amides is 3. The van der Waals surface area contributed by atoms with Crippen LogP contribution >= 0.6 is 11.8 Å². The first-order chi connectivity index (χ1) is 10.9. The van der Waals surface area contributed by atoms with Gasteiger partial charge in [-0.05, 0) is 6.26 Å². The van der Waals surface area contributed by atoms with Gasteiger partial charge in [0.05, 0.1) is 5.25 Å². The van der Waals surface area contributed by atoms with E-state index in [0.717, 1.165) is 0 Å². The molecular weight excluding hydrogens is 312 g/mol. The van der Waals surface area contributed by atoms with Crippen molar-refractivity contribution in [3.05, 3.63) is 0 Å². The van der Waals surface area contributed by atoms with Crippen molar-refractivity contribution in [2.75, 3.05) is 20.4 Å². The summed E-state index contributed by atoms with van der Waals surface area (Å²) in [6.45, 7) is 17.5. The highest BCUT2D eigenvalue weighted by Gasteiger charge is 2.34. The number of hydrogen-bond donors (Lipinski definition) is 1. The molecular formula is C17H40N2O3S. The van der Waals surface area contributed by atoms with Crippen molar-refractivity contribution >= 4 is 29.5 Å². The smallest absolute Gasteiger partial charge is 0.242 e. The number of nitrogens with one attached hydrogen (secondary N) is 1. The fourth-order valence-corrected chi connectivity index (χ4v) is 1.57. The molecule has 0 aliphatic carbocycles. The lowest BCUT2D eigenvalue weighted by atomic mass is 10.4. The standard InChI is InChI=1S/C6H9NO2S.C3H7NO.4C2H6/c1-7-5(8)3-4(10-2)6(7)9;1-3(5)4-2;4*1-2/h4H,3H2,1-2H3;1-2H3,(H,4,5);4*1-2H3. The molecule has 0 saturated carbocycles. The van der Waals surface area contributed by atoms with Gasteiger partial charge >= 0.3 is 0 Å². The highest BCUT2D eigenvalue weighted by Crippen LogP contribution is 2.21. The van der Waals surface area contributed by atoms with Gasteiger partial charge in [0, 0.05) is 27.4 Å². The largest absolute Gasteiger partial charge is 0.359 e. The van der Waals surface area contributed by atoms with Crippen LogP contribution in [0.2, 0.25) is 0 Å². The van der Waals surface area contributed by atoms with Crippen molar-refractivity contribution in [2.24, 2.45) is 0 Å². The Morgan fingerprint density at radius 1 is 1.04 bits per heavy atom. The Kier molecular flexibility index (Phi) is 42.3. The fourth-order valence-electron chi connectivity index (χ4n) is 0.906. The summed E-state index contributed by atoms with van der Waals surface area (Å²) in [5, 5.41) is 2.26. The number of nitrogens with zero attached hydrogens (tertiary/aromatic N) is 1. The van der Waals surface area contributed by atoms with Crippen molar-refractivity contribution in [3.63, 3.8) is 0 Å². The van der Waals surface area contributed by atoms with Crippen LogP contribution in [-0.4, -0.2) is 48.2 Å². The molecule has 1 unspecified atom stereocenters. The zero-order valence-electron chi connectivity index (χ0n) is 17.4. The molecule has 3 amide bonds. The minimum absolute atomic E-state index is 0.00463. The molecule has 23 heavy (non-hydrogen) atoms. The van der Waals surface area contributed by atoms with E-state index < -0.39 is 0 Å². The van der Waals surface area contributed by atoms with E-state index in [-0.39, 0.29) is 23.0 Å². The normalized spacial score (nSPS) is 13.9. The predicted octanol–water partition coefficient (Wildman–Crippen LogP) is 3.96. The molecule has 1 saturated heterocycles. The van der Waals surface area contributed by atoms with Gasteiger partial charge in [0.1, 0.15) is 0 Å². The van der Waals surface area contributed by atoms with Crippen LogP contribution in [-0.2, 0) is 14.4 Å². The van der Waals surface area contributed by atoms with E-state index in [0.29, 0.717) is 6.42 Å². The van der Waals surface area contributed by atoms with Crippen LogP contribution in [0.25, 0.3) is 0 Å². The minimum Gasteiger partial charge on any atom is -0.359 e. The maximum absolute atomic E-state index is 11.0. The van der Waals surface area contributed by atoms with Gasteiger partial charge in [-0.15, -0.1) is 0 Å². The van der Waals surface area contributed by atoms with E-state index in [1.807, 2.05) is 61.6 Å². The van der Waals surface area contributed by atoms with E-state index in [1.54, 1.807) is 7.05 Å². The van der Waals surface area contributed by atoms with Crippen LogP contribution in [0, 0.1) is 0 Å². The number of likely N-dealkylation sites (tertiary alicyclic amines) is 1. The van der Waals surface area contributed by atoms with Gasteiger partial charge < -0.3 is 5.32 Å². The van der Waals surface area contributed by atoms with Crippen LogP contribution in [0.3, 0.4) is 0 Å². The third-order valence-corrected chi connectivity index (χ3v) is 2.91. The Morgan fingerprint density at radius 3 is 1.43 bits per heavy atom. The van der Waals surface area contributed by atoms with Gasteiger partial charge in [-0.2, -0.15) is 11.8 Å². The van der Waals surface area contributed by atoms with E-state index in [9.17, 15) is 14.4 Å². The summed E-state index contributed by atoms with van der Waals surface area (Å²) in [7, 11) is 3.13. The molecule has 142 valence electrons. The zero-order valence-corrected chi connectivity index (χ0v) is 18.2. The zero-order chi connectivity index (χ0) is 20.0. The molecule has 1 heterocycles. The molecule has 5 nitrogen and oxygen atoms in total. The second-order valence-corrected chi connectivity index (χ2v) is 4.07. The summed E-state index contributed by atoms with van der Waals surface area (Å²) in [5.41, 5.74) is 0. The van der Waals surface area contributed by atoms with Crippen LogP contribution in [0.4, 0.5) is 0 Å². The molecule has 0 aromatic rings. The van der Waals surface area contributed by atoms with Crippen LogP contribution in [0.5, 0.6) is 0 Å². The highest BCUT2D eigenvalue weighted by atomic mass is 32.2. The molecule has 0 bridgehead atoms. The molecule has 1 aliphatic rings. The summed E-state index contributed by atoms with van der Waals surface area (Å²) in [5.74, 6) is -0.119. The molecule has 0 spiro atoms. The van der Waals surface area contributed by atoms with Crippen LogP contribution in [0.1, 0.15) is 68.7 Å². The van der Waals surface area contributed by atoms with Gasteiger partial charge in [-0.3, -0.25) is 19.3 Å². The van der Waals surface area contributed by atoms with Gasteiger partial charge in [0.25, 0.3) is 0 Å². The van der Waals surface area contributed by atoms with E-state index in [4.69, 9.17) is 0 Å². The van der Waals surface area contributed by atoms with Gasteiger partial charge in [0.15, 0.2) is 0 Å². The summed E-state index contributed by atoms with van der Waals surface area (Å²) < 4.78 is 0. The van der Waals surface area contributed by atoms with Crippen molar-refractivity contribution in [1.29, 1.82) is 0 Å². The maximum atomic E-state index is 11.0. The molecule has 1 aliphatic heterocycles. The Morgan fingerprint density at radius 2 is 1.35 bits per heavy atom. The predicted molar refractivity (Wildman–Crippen MR) is 105 cm³/mol. The third-order valence-electron chi connectivity index (χ3n) is 1.98. The van der Waals surface area contributed by atoms with E-state index >= 15 is 0 Å². The summed E-state index contributed by atoms with van der Waals surface area (Å²) in [6.07, 6.45) is 2.21. The number of imide groups is 1. The molecule has 1 fully saturated rings. The minimum atomic E-state index is -0.127. The van der Waals surface area contributed by atoms with Crippen molar-refractivity contribution in [1.82, 2.24) is 10.2 Å². The number of hydrogen-bond acceptors (Lipinski definition) is 4. The second kappa shape index (κ2) is 29.0. The molecule has 0 aromatic heterocycles. The van der Waals surface area contributed by atoms with E-state index in [2.05, 4.69) is 5.32 Å². The number of carbonyl (C=O) groups is 3. The lowest BCUT2D eigenvalue weighted by molar-refractivity contribution is -0.136. The number of carbonyl (C=O) groups excluding carboxylic acids is 3. The molecule has 0 radical (unpaired) electrons. The quantitative estimate of drug-likeness (QED) is 0.725. The maximum Gasteiger partial charge on any atom is 0.242 e. The Balaban J connectivity index is -0.0000000709. The average molecular weight is 353 g/mol. The molecule has 0 aromatic carbocycles. The van der Waals surface area contributed by atoms with Gasteiger partial charge in [0.2, 0.25) is 17.7 Å². The topological polar surface area (TPSA) is 66.5 Å².